The second-order valence-electron chi connectivity index (χ2n) is 5.59. The molecule has 2 amide bonds. The summed E-state index contributed by atoms with van der Waals surface area (Å²) in [5.74, 6) is -0.195. The summed E-state index contributed by atoms with van der Waals surface area (Å²) in [6.45, 7) is 2.65. The smallest absolute Gasteiger partial charge is 0.246 e. The second-order valence-corrected chi connectivity index (χ2v) is 6.03. The molecule has 1 aromatic carbocycles. The highest BCUT2D eigenvalue weighted by Crippen LogP contribution is 2.23. The molecule has 2 aromatic rings. The largest absolute Gasteiger partial charge is 0.328 e. The third-order valence-electron chi connectivity index (χ3n) is 3.90. The molecule has 2 heterocycles. The van der Waals surface area contributed by atoms with Gasteiger partial charge in [-0.1, -0.05) is 17.7 Å². The van der Waals surface area contributed by atoms with Gasteiger partial charge in [-0.2, -0.15) is 0 Å². The van der Waals surface area contributed by atoms with E-state index in [1.165, 1.54) is 0 Å². The number of amides is 2. The van der Waals surface area contributed by atoms with Crippen molar-refractivity contribution in [2.24, 2.45) is 0 Å². The number of rotatable bonds is 3. The molecular weight excluding hydrogens is 316 g/mol. The number of piperazine rings is 1. The highest BCUT2D eigenvalue weighted by atomic mass is 35.5. The first-order chi connectivity index (χ1) is 11.0. The normalized spacial score (nSPS) is 18.3. The van der Waals surface area contributed by atoms with Crippen LogP contribution in [0.4, 0.5) is 5.69 Å². The number of halogens is 1. The van der Waals surface area contributed by atoms with Gasteiger partial charge in [-0.25, -0.2) is 4.98 Å². The van der Waals surface area contributed by atoms with Crippen LogP contribution in [0, 0.1) is 0 Å². The Labute approximate surface area is 139 Å². The number of nitrogens with zero attached hydrogens (tertiary/aromatic N) is 4. The van der Waals surface area contributed by atoms with Crippen molar-refractivity contribution in [3.05, 3.63) is 48.0 Å². The molecule has 1 saturated heterocycles. The Morgan fingerprint density at radius 3 is 2.96 bits per heavy atom. The summed E-state index contributed by atoms with van der Waals surface area (Å²) in [6, 6.07) is 7.12. The molecule has 0 aliphatic carbocycles. The van der Waals surface area contributed by atoms with Gasteiger partial charge < -0.3 is 14.4 Å². The van der Waals surface area contributed by atoms with Gasteiger partial charge in [0.05, 0.1) is 6.33 Å². The van der Waals surface area contributed by atoms with Gasteiger partial charge in [0.15, 0.2) is 0 Å². The van der Waals surface area contributed by atoms with Crippen LogP contribution in [-0.4, -0.2) is 45.4 Å². The first-order valence-electron chi connectivity index (χ1n) is 7.36. The SMILES string of the molecule is CC1CN(c2cccc(Cl)c2)C(=O)CN1C(=O)Cn1ccnc1. The van der Waals surface area contributed by atoms with Crippen LogP contribution < -0.4 is 4.90 Å². The molecule has 23 heavy (non-hydrogen) atoms. The van der Waals surface area contributed by atoms with Crippen LogP contribution in [0.25, 0.3) is 0 Å². The van der Waals surface area contributed by atoms with E-state index in [-0.39, 0.29) is 30.9 Å². The van der Waals surface area contributed by atoms with Gasteiger partial charge in [-0.15, -0.1) is 0 Å². The lowest BCUT2D eigenvalue weighted by Crippen LogP contribution is -2.57. The van der Waals surface area contributed by atoms with Gasteiger partial charge in [-0.3, -0.25) is 9.59 Å². The third kappa shape index (κ3) is 3.37. The van der Waals surface area contributed by atoms with E-state index in [4.69, 9.17) is 11.6 Å². The van der Waals surface area contributed by atoms with Crippen LogP contribution in [0.5, 0.6) is 0 Å². The summed E-state index contributed by atoms with van der Waals surface area (Å²) in [5.41, 5.74) is 0.760. The summed E-state index contributed by atoms with van der Waals surface area (Å²) >= 11 is 6.00. The topological polar surface area (TPSA) is 58.4 Å². The number of hydrogen-bond acceptors (Lipinski definition) is 3. The molecule has 0 saturated carbocycles. The third-order valence-corrected chi connectivity index (χ3v) is 4.14. The molecular formula is C16H17ClN4O2. The standard InChI is InChI=1S/C16H17ClN4O2/c1-12-8-21(14-4-2-3-13(17)7-14)16(23)10-20(12)15(22)9-19-6-5-18-11-19/h2-7,11-12H,8-10H2,1H3. The Morgan fingerprint density at radius 2 is 2.26 bits per heavy atom. The Kier molecular flexibility index (Phi) is 4.34. The first-order valence-corrected chi connectivity index (χ1v) is 7.73. The number of imidazole rings is 1. The molecule has 1 aromatic heterocycles. The Hall–Kier alpha value is -2.34. The highest BCUT2D eigenvalue weighted by Gasteiger charge is 2.33. The fourth-order valence-corrected chi connectivity index (χ4v) is 2.89. The van der Waals surface area contributed by atoms with E-state index in [2.05, 4.69) is 4.98 Å². The number of carbonyl (C=O) groups is 2. The minimum Gasteiger partial charge on any atom is -0.328 e. The maximum absolute atomic E-state index is 12.4. The lowest BCUT2D eigenvalue weighted by atomic mass is 10.1. The van der Waals surface area contributed by atoms with E-state index >= 15 is 0 Å². The van der Waals surface area contributed by atoms with Crippen molar-refractivity contribution < 1.29 is 9.59 Å². The van der Waals surface area contributed by atoms with Gasteiger partial charge in [0, 0.05) is 35.7 Å². The van der Waals surface area contributed by atoms with Gasteiger partial charge >= 0.3 is 0 Å². The molecule has 6 nitrogen and oxygen atoms in total. The minimum atomic E-state index is -0.107. The van der Waals surface area contributed by atoms with E-state index in [1.54, 1.807) is 45.2 Å². The van der Waals surface area contributed by atoms with E-state index in [0.717, 1.165) is 5.69 Å². The minimum absolute atomic E-state index is 0.0669. The van der Waals surface area contributed by atoms with Crippen molar-refractivity contribution in [1.82, 2.24) is 14.5 Å². The molecule has 0 bridgehead atoms. The zero-order valence-corrected chi connectivity index (χ0v) is 13.5. The van der Waals surface area contributed by atoms with Crippen LogP contribution in [-0.2, 0) is 16.1 Å². The number of hydrogen-bond donors (Lipinski definition) is 0. The van der Waals surface area contributed by atoms with Gasteiger partial charge in [-0.05, 0) is 25.1 Å². The Morgan fingerprint density at radius 1 is 1.43 bits per heavy atom. The van der Waals surface area contributed by atoms with E-state index < -0.39 is 0 Å². The Balaban J connectivity index is 1.72. The van der Waals surface area contributed by atoms with Crippen molar-refractivity contribution in [2.75, 3.05) is 18.0 Å². The Bertz CT molecular complexity index is 717. The lowest BCUT2D eigenvalue weighted by molar-refractivity contribution is -0.139. The van der Waals surface area contributed by atoms with Crippen molar-refractivity contribution in [3.8, 4) is 0 Å². The van der Waals surface area contributed by atoms with Crippen LogP contribution in [0.15, 0.2) is 43.0 Å². The average molecular weight is 333 g/mol. The molecule has 1 unspecified atom stereocenters. The zero-order chi connectivity index (χ0) is 16.4. The second kappa shape index (κ2) is 6.42. The summed E-state index contributed by atoms with van der Waals surface area (Å²) in [4.78, 5) is 32.1. The number of carbonyl (C=O) groups excluding carboxylic acids is 2. The molecule has 1 aliphatic heterocycles. The fraction of sp³-hybridized carbons (Fsp3) is 0.312. The maximum atomic E-state index is 12.4. The predicted molar refractivity (Wildman–Crippen MR) is 87.2 cm³/mol. The lowest BCUT2D eigenvalue weighted by Gasteiger charge is -2.39. The van der Waals surface area contributed by atoms with Crippen molar-refractivity contribution in [2.45, 2.75) is 19.5 Å². The molecule has 0 spiro atoms. The molecule has 0 radical (unpaired) electrons. The predicted octanol–water partition coefficient (Wildman–Crippen LogP) is 1.80. The average Bonchev–Trinajstić information content (AvgIpc) is 3.02. The van der Waals surface area contributed by atoms with Crippen LogP contribution in [0.2, 0.25) is 5.02 Å². The summed E-state index contributed by atoms with van der Waals surface area (Å²) in [6.07, 6.45) is 4.94. The molecule has 0 N–H and O–H groups in total. The van der Waals surface area contributed by atoms with Crippen molar-refractivity contribution in [1.29, 1.82) is 0 Å². The highest BCUT2D eigenvalue weighted by molar-refractivity contribution is 6.30. The van der Waals surface area contributed by atoms with Gasteiger partial charge in [0.2, 0.25) is 11.8 Å². The monoisotopic (exact) mass is 332 g/mol. The molecule has 1 fully saturated rings. The van der Waals surface area contributed by atoms with Crippen molar-refractivity contribution >= 4 is 29.1 Å². The summed E-state index contributed by atoms with van der Waals surface area (Å²) in [5, 5.41) is 0.585. The van der Waals surface area contributed by atoms with Crippen LogP contribution in [0.1, 0.15) is 6.92 Å². The van der Waals surface area contributed by atoms with E-state index in [1.807, 2.05) is 19.1 Å². The summed E-state index contributed by atoms with van der Waals surface area (Å²) < 4.78 is 1.70. The molecule has 120 valence electrons. The zero-order valence-electron chi connectivity index (χ0n) is 12.7. The molecule has 1 atom stereocenters. The molecule has 1 aliphatic rings. The number of anilines is 1. The first kappa shape index (κ1) is 15.6. The molecule has 7 heteroatoms. The maximum Gasteiger partial charge on any atom is 0.246 e. The van der Waals surface area contributed by atoms with E-state index in [0.29, 0.717) is 11.6 Å². The van der Waals surface area contributed by atoms with E-state index in [9.17, 15) is 9.59 Å². The summed E-state index contributed by atoms with van der Waals surface area (Å²) in [7, 11) is 0. The van der Waals surface area contributed by atoms with Crippen LogP contribution >= 0.6 is 11.6 Å². The fourth-order valence-electron chi connectivity index (χ4n) is 2.71. The van der Waals surface area contributed by atoms with Gasteiger partial charge in [0.1, 0.15) is 13.1 Å². The van der Waals surface area contributed by atoms with Gasteiger partial charge in [0.25, 0.3) is 0 Å². The quantitative estimate of drug-likeness (QED) is 0.861. The number of benzene rings is 1. The number of aromatic nitrogens is 2. The van der Waals surface area contributed by atoms with Crippen molar-refractivity contribution in [3.63, 3.8) is 0 Å². The molecule has 3 rings (SSSR count). The van der Waals surface area contributed by atoms with Crippen LogP contribution in [0.3, 0.4) is 0 Å².